The number of allylic oxidation sites excluding steroid dienone is 1. The van der Waals surface area contributed by atoms with Crippen LogP contribution in [0.5, 0.6) is 5.75 Å². The molecule has 0 fully saturated rings. The third-order valence-electron chi connectivity index (χ3n) is 3.84. The molecule has 0 heterocycles. The average Bonchev–Trinajstić information content (AvgIpc) is 2.74. The number of hydrogen-bond donors (Lipinski definition) is 1. The van der Waals surface area contributed by atoms with Gasteiger partial charge in [0.15, 0.2) is 0 Å². The summed E-state index contributed by atoms with van der Waals surface area (Å²) >= 11 is 3.39. The summed E-state index contributed by atoms with van der Waals surface area (Å²) in [5, 5.41) is 3.97. The normalized spacial score (nSPS) is 11.0. The zero-order valence-electron chi connectivity index (χ0n) is 15.1. The van der Waals surface area contributed by atoms with E-state index in [2.05, 4.69) is 26.5 Å². The Kier molecular flexibility index (Phi) is 7.15. The highest BCUT2D eigenvalue weighted by atomic mass is 79.9. The van der Waals surface area contributed by atoms with Crippen LogP contribution in [0.2, 0.25) is 0 Å². The highest BCUT2D eigenvalue weighted by molar-refractivity contribution is 9.10. The second-order valence-corrected chi connectivity index (χ2v) is 6.82. The number of carbonyl (C=O) groups excluding carboxylic acids is 1. The topological polar surface area (TPSA) is 50.7 Å². The predicted molar refractivity (Wildman–Crippen MR) is 116 cm³/mol. The van der Waals surface area contributed by atoms with Crippen LogP contribution in [0.3, 0.4) is 0 Å². The Morgan fingerprint density at radius 1 is 1.00 bits per heavy atom. The number of nitrogens with zero attached hydrogens (tertiary/aromatic N) is 1. The van der Waals surface area contributed by atoms with Crippen LogP contribution in [0.1, 0.15) is 21.5 Å². The summed E-state index contributed by atoms with van der Waals surface area (Å²) in [4.78, 5) is 12.5. The molecule has 140 valence electrons. The number of hydrazone groups is 1. The van der Waals surface area contributed by atoms with Gasteiger partial charge in [0.2, 0.25) is 0 Å². The largest absolute Gasteiger partial charge is 0.488 e. The quantitative estimate of drug-likeness (QED) is 0.396. The summed E-state index contributed by atoms with van der Waals surface area (Å²) in [5.41, 5.74) is 5.03. The molecule has 0 bridgehead atoms. The highest BCUT2D eigenvalue weighted by Crippen LogP contribution is 2.24. The average molecular weight is 435 g/mol. The molecule has 0 unspecified atom stereocenters. The van der Waals surface area contributed by atoms with Gasteiger partial charge < -0.3 is 4.74 Å². The molecular weight excluding hydrogens is 416 g/mol. The van der Waals surface area contributed by atoms with Crippen molar-refractivity contribution in [2.45, 2.75) is 6.61 Å². The third kappa shape index (κ3) is 5.93. The molecular formula is C23H19BrN2O2. The Morgan fingerprint density at radius 2 is 1.71 bits per heavy atom. The van der Waals surface area contributed by atoms with E-state index < -0.39 is 0 Å². The molecule has 0 aliphatic rings. The van der Waals surface area contributed by atoms with Crippen molar-refractivity contribution in [3.63, 3.8) is 0 Å². The smallest absolute Gasteiger partial charge is 0.275 e. The summed E-state index contributed by atoms with van der Waals surface area (Å²) in [6.07, 6.45) is 5.21. The summed E-state index contributed by atoms with van der Waals surface area (Å²) in [7, 11) is 0. The molecule has 0 radical (unpaired) electrons. The molecule has 1 amide bonds. The molecule has 3 aromatic carbocycles. The van der Waals surface area contributed by atoms with Gasteiger partial charge in [-0.25, -0.2) is 5.43 Å². The van der Waals surface area contributed by atoms with Gasteiger partial charge in [-0.15, -0.1) is 0 Å². The first-order valence-electron chi connectivity index (χ1n) is 8.74. The number of nitrogens with one attached hydrogen (secondary N) is 1. The molecule has 0 spiro atoms. The van der Waals surface area contributed by atoms with Crippen LogP contribution >= 0.6 is 15.9 Å². The fourth-order valence-electron chi connectivity index (χ4n) is 2.46. The van der Waals surface area contributed by atoms with Crippen LogP contribution in [0.25, 0.3) is 6.08 Å². The standard InChI is InChI=1S/C23H19BrN2O2/c24-20-13-14-22(28-17-19-10-5-2-6-11-19)21(16-20)23(27)26-25-15-7-12-18-8-3-1-4-9-18/h1-16H,17H2,(H,26,27)/b12-7+,25-15-. The van der Waals surface area contributed by atoms with Crippen molar-refractivity contribution in [1.82, 2.24) is 5.43 Å². The Balaban J connectivity index is 1.63. The van der Waals surface area contributed by atoms with Gasteiger partial charge in [0.1, 0.15) is 12.4 Å². The molecule has 0 aliphatic carbocycles. The van der Waals surface area contributed by atoms with E-state index in [1.54, 1.807) is 18.2 Å². The Morgan fingerprint density at radius 3 is 2.46 bits per heavy atom. The molecule has 0 aliphatic heterocycles. The molecule has 0 saturated heterocycles. The van der Waals surface area contributed by atoms with Crippen molar-refractivity contribution in [3.8, 4) is 5.75 Å². The van der Waals surface area contributed by atoms with Crippen molar-refractivity contribution in [2.24, 2.45) is 5.10 Å². The lowest BCUT2D eigenvalue weighted by Crippen LogP contribution is -2.18. The lowest BCUT2D eigenvalue weighted by atomic mass is 10.2. The first kappa shape index (κ1) is 19.6. The van der Waals surface area contributed by atoms with E-state index >= 15 is 0 Å². The maximum Gasteiger partial charge on any atom is 0.275 e. The Labute approximate surface area is 172 Å². The Hall–Kier alpha value is -3.18. The minimum atomic E-state index is -0.339. The number of rotatable bonds is 7. The molecule has 0 atom stereocenters. The van der Waals surface area contributed by atoms with Gasteiger partial charge >= 0.3 is 0 Å². The van der Waals surface area contributed by atoms with Crippen molar-refractivity contribution < 1.29 is 9.53 Å². The second-order valence-electron chi connectivity index (χ2n) is 5.90. The van der Waals surface area contributed by atoms with Crippen molar-refractivity contribution in [2.75, 3.05) is 0 Å². The van der Waals surface area contributed by atoms with E-state index in [1.807, 2.05) is 72.8 Å². The fraction of sp³-hybridized carbons (Fsp3) is 0.0435. The molecule has 5 heteroatoms. The summed E-state index contributed by atoms with van der Waals surface area (Å²) in [6, 6.07) is 25.0. The second kappa shape index (κ2) is 10.2. The monoisotopic (exact) mass is 434 g/mol. The summed E-state index contributed by atoms with van der Waals surface area (Å²) < 4.78 is 6.63. The molecule has 4 nitrogen and oxygen atoms in total. The third-order valence-corrected chi connectivity index (χ3v) is 4.33. The van der Waals surface area contributed by atoms with Gasteiger partial charge in [0, 0.05) is 10.7 Å². The first-order chi connectivity index (χ1) is 13.7. The van der Waals surface area contributed by atoms with E-state index in [9.17, 15) is 4.79 Å². The van der Waals surface area contributed by atoms with Crippen LogP contribution in [-0.4, -0.2) is 12.1 Å². The summed E-state index contributed by atoms with van der Waals surface area (Å²) in [5.74, 6) is 0.160. The predicted octanol–water partition coefficient (Wildman–Crippen LogP) is 5.46. The molecule has 3 aromatic rings. The van der Waals surface area contributed by atoms with Crippen LogP contribution < -0.4 is 10.2 Å². The number of amides is 1. The number of benzene rings is 3. The van der Waals surface area contributed by atoms with Gasteiger partial charge in [-0.1, -0.05) is 82.7 Å². The molecule has 28 heavy (non-hydrogen) atoms. The maximum absolute atomic E-state index is 12.5. The van der Waals surface area contributed by atoms with E-state index in [4.69, 9.17) is 4.74 Å². The van der Waals surface area contributed by atoms with Crippen molar-refractivity contribution in [3.05, 3.63) is 106 Å². The van der Waals surface area contributed by atoms with Gasteiger partial charge in [0.05, 0.1) is 5.56 Å². The van der Waals surface area contributed by atoms with Crippen LogP contribution in [-0.2, 0) is 6.61 Å². The van der Waals surface area contributed by atoms with Crippen LogP contribution in [0, 0.1) is 0 Å². The highest BCUT2D eigenvalue weighted by Gasteiger charge is 2.13. The zero-order chi connectivity index (χ0) is 19.6. The summed E-state index contributed by atoms with van der Waals surface area (Å²) in [6.45, 7) is 0.381. The maximum atomic E-state index is 12.5. The van der Waals surface area contributed by atoms with E-state index in [0.29, 0.717) is 17.9 Å². The van der Waals surface area contributed by atoms with Crippen LogP contribution in [0.4, 0.5) is 0 Å². The van der Waals surface area contributed by atoms with E-state index in [0.717, 1.165) is 15.6 Å². The minimum absolute atomic E-state index is 0.339. The molecule has 1 N–H and O–H groups in total. The number of ether oxygens (including phenoxy) is 1. The van der Waals surface area contributed by atoms with E-state index in [-0.39, 0.29) is 5.91 Å². The number of hydrogen-bond acceptors (Lipinski definition) is 3. The lowest BCUT2D eigenvalue weighted by Gasteiger charge is -2.11. The number of carbonyl (C=O) groups is 1. The fourth-order valence-corrected chi connectivity index (χ4v) is 2.82. The molecule has 3 rings (SSSR count). The molecule has 0 aromatic heterocycles. The van der Waals surface area contributed by atoms with E-state index in [1.165, 1.54) is 6.21 Å². The van der Waals surface area contributed by atoms with Gasteiger partial charge in [-0.3, -0.25) is 4.79 Å². The van der Waals surface area contributed by atoms with Crippen molar-refractivity contribution in [1.29, 1.82) is 0 Å². The number of halogens is 1. The van der Waals surface area contributed by atoms with Crippen molar-refractivity contribution >= 4 is 34.1 Å². The molecule has 0 saturated carbocycles. The lowest BCUT2D eigenvalue weighted by molar-refractivity contribution is 0.0950. The van der Waals surface area contributed by atoms with Gasteiger partial charge in [-0.05, 0) is 35.4 Å². The first-order valence-corrected chi connectivity index (χ1v) is 9.53. The van der Waals surface area contributed by atoms with Gasteiger partial charge in [-0.2, -0.15) is 5.10 Å². The SMILES string of the molecule is O=C(N/N=C\C=C\c1ccccc1)c1cc(Br)ccc1OCc1ccccc1. The minimum Gasteiger partial charge on any atom is -0.488 e. The van der Waals surface area contributed by atoms with Crippen LogP contribution in [0.15, 0.2) is 94.5 Å². The zero-order valence-corrected chi connectivity index (χ0v) is 16.7. The Bertz CT molecular complexity index is 970. The van der Waals surface area contributed by atoms with Gasteiger partial charge in [0.25, 0.3) is 5.91 Å².